The first kappa shape index (κ1) is 29.6. The molecule has 0 unspecified atom stereocenters. The van der Waals surface area contributed by atoms with Gasteiger partial charge < -0.3 is 19.1 Å². The number of nitriles is 1. The maximum atomic E-state index is 12.4. The van der Waals surface area contributed by atoms with Gasteiger partial charge in [0.1, 0.15) is 36.5 Å². The zero-order chi connectivity index (χ0) is 30.3. The fraction of sp³-hybridized carbons (Fsp3) is 0.235. The molecular weight excluding hydrogens is 566 g/mol. The van der Waals surface area contributed by atoms with E-state index in [2.05, 4.69) is 11.1 Å². The molecule has 2 heterocycles. The molecule has 1 aliphatic rings. The molecule has 1 aliphatic heterocycles. The third-order valence-electron chi connectivity index (χ3n) is 7.26. The summed E-state index contributed by atoms with van der Waals surface area (Å²) in [7, 11) is 0. The summed E-state index contributed by atoms with van der Waals surface area (Å²) in [5.41, 5.74) is 6.09. The lowest BCUT2D eigenvalue weighted by molar-refractivity contribution is -0.133. The number of hydrogen-bond acceptors (Lipinski definition) is 7. The molecule has 0 radical (unpaired) electrons. The van der Waals surface area contributed by atoms with E-state index < -0.39 is 0 Å². The van der Waals surface area contributed by atoms with Crippen molar-refractivity contribution < 1.29 is 23.8 Å². The van der Waals surface area contributed by atoms with E-state index in [9.17, 15) is 9.59 Å². The van der Waals surface area contributed by atoms with E-state index in [4.69, 9.17) is 31.1 Å². The number of nitrogens with zero attached hydrogens (tertiary/aromatic N) is 3. The molecule has 4 aromatic rings. The first-order valence-corrected chi connectivity index (χ1v) is 14.2. The van der Waals surface area contributed by atoms with Crippen LogP contribution in [0.25, 0.3) is 11.1 Å². The standard InChI is InChI=1S/C34H30ClN3O5/c1-22-11-31(35)33(14-32(22)42-19-25-12-24(15-36)16-37-17-25)43-20-27-6-4-8-30(23(27)2)26-5-3-7-29(13-26)41-21-34(40)38-10-9-28(39)18-38/h3-8,11-14,16-17H,9-10,18-21H2,1-2H3. The van der Waals surface area contributed by atoms with Crippen LogP contribution in [0.3, 0.4) is 0 Å². The number of halogens is 1. The van der Waals surface area contributed by atoms with Crippen LogP contribution in [0.2, 0.25) is 5.02 Å². The number of Topliss-reactive ketones (excluding diaryl/α,β-unsaturated/α-hetero) is 1. The lowest BCUT2D eigenvalue weighted by Crippen LogP contribution is -2.33. The smallest absolute Gasteiger partial charge is 0.260 e. The first-order chi connectivity index (χ1) is 20.8. The van der Waals surface area contributed by atoms with Crippen LogP contribution in [-0.2, 0) is 22.8 Å². The minimum atomic E-state index is -0.194. The minimum Gasteiger partial charge on any atom is -0.488 e. The monoisotopic (exact) mass is 595 g/mol. The summed E-state index contributed by atoms with van der Waals surface area (Å²) in [5.74, 6) is 1.58. The Kier molecular flexibility index (Phi) is 9.23. The molecular formula is C34H30ClN3O5. The van der Waals surface area contributed by atoms with Crippen LogP contribution < -0.4 is 14.2 Å². The van der Waals surface area contributed by atoms with Gasteiger partial charge in [0.15, 0.2) is 12.4 Å². The van der Waals surface area contributed by atoms with Gasteiger partial charge in [0.05, 0.1) is 17.1 Å². The highest BCUT2D eigenvalue weighted by Crippen LogP contribution is 2.34. The Morgan fingerprint density at radius 2 is 1.81 bits per heavy atom. The molecule has 0 spiro atoms. The number of ether oxygens (including phenoxy) is 3. The maximum absolute atomic E-state index is 12.4. The third kappa shape index (κ3) is 7.32. The van der Waals surface area contributed by atoms with E-state index in [1.165, 1.54) is 11.1 Å². The molecule has 43 heavy (non-hydrogen) atoms. The predicted molar refractivity (Wildman–Crippen MR) is 162 cm³/mol. The number of aryl methyl sites for hydroxylation is 1. The summed E-state index contributed by atoms with van der Waals surface area (Å²) in [6, 6.07) is 21.0. The average Bonchev–Trinajstić information content (AvgIpc) is 3.46. The first-order valence-electron chi connectivity index (χ1n) is 13.8. The summed E-state index contributed by atoms with van der Waals surface area (Å²) in [6.07, 6.45) is 3.58. The summed E-state index contributed by atoms with van der Waals surface area (Å²) in [4.78, 5) is 29.5. The number of pyridine rings is 1. The van der Waals surface area contributed by atoms with E-state index >= 15 is 0 Å². The van der Waals surface area contributed by atoms with E-state index in [0.29, 0.717) is 40.8 Å². The number of hydrogen-bond donors (Lipinski definition) is 0. The lowest BCUT2D eigenvalue weighted by Gasteiger charge is -2.17. The molecule has 1 saturated heterocycles. The van der Waals surface area contributed by atoms with E-state index in [-0.39, 0.29) is 38.1 Å². The number of carbonyl (C=O) groups is 2. The fourth-order valence-corrected chi connectivity index (χ4v) is 5.10. The largest absolute Gasteiger partial charge is 0.488 e. The van der Waals surface area contributed by atoms with Gasteiger partial charge in [-0.2, -0.15) is 5.26 Å². The second kappa shape index (κ2) is 13.4. The second-order valence-corrected chi connectivity index (χ2v) is 10.7. The van der Waals surface area contributed by atoms with Crippen LogP contribution in [0, 0.1) is 25.2 Å². The van der Waals surface area contributed by atoms with Crippen molar-refractivity contribution >= 4 is 23.3 Å². The number of likely N-dealkylation sites (tertiary alicyclic amines) is 1. The Labute approximate surface area is 255 Å². The normalized spacial score (nSPS) is 12.6. The van der Waals surface area contributed by atoms with Crippen molar-refractivity contribution in [3.05, 3.63) is 106 Å². The van der Waals surface area contributed by atoms with E-state index in [1.54, 1.807) is 24.4 Å². The lowest BCUT2D eigenvalue weighted by atomic mass is 9.96. The zero-order valence-corrected chi connectivity index (χ0v) is 24.7. The zero-order valence-electron chi connectivity index (χ0n) is 23.9. The van der Waals surface area contributed by atoms with Gasteiger partial charge >= 0.3 is 0 Å². The van der Waals surface area contributed by atoms with Crippen LogP contribution in [0.5, 0.6) is 17.2 Å². The summed E-state index contributed by atoms with van der Waals surface area (Å²) in [5, 5.41) is 9.59. The third-order valence-corrected chi connectivity index (χ3v) is 7.56. The number of benzene rings is 3. The molecule has 5 rings (SSSR count). The van der Waals surface area contributed by atoms with Crippen molar-refractivity contribution in [3.63, 3.8) is 0 Å². The van der Waals surface area contributed by atoms with Crippen LogP contribution in [-0.4, -0.2) is 41.3 Å². The number of carbonyl (C=O) groups excluding carboxylic acids is 2. The van der Waals surface area contributed by atoms with Crippen LogP contribution in [0.1, 0.15) is 34.2 Å². The highest BCUT2D eigenvalue weighted by atomic mass is 35.5. The Morgan fingerprint density at radius 3 is 2.60 bits per heavy atom. The van der Waals surface area contributed by atoms with Crippen molar-refractivity contribution in [1.82, 2.24) is 9.88 Å². The number of ketones is 1. The molecule has 218 valence electrons. The van der Waals surface area contributed by atoms with Crippen molar-refractivity contribution in [1.29, 1.82) is 5.26 Å². The van der Waals surface area contributed by atoms with Crippen molar-refractivity contribution in [2.24, 2.45) is 0 Å². The highest BCUT2D eigenvalue weighted by Gasteiger charge is 2.24. The fourth-order valence-electron chi connectivity index (χ4n) is 4.83. The maximum Gasteiger partial charge on any atom is 0.260 e. The van der Waals surface area contributed by atoms with Crippen molar-refractivity contribution in [3.8, 4) is 34.4 Å². The predicted octanol–water partition coefficient (Wildman–Crippen LogP) is 6.23. The van der Waals surface area contributed by atoms with Gasteiger partial charge in [0, 0.05) is 37.0 Å². The van der Waals surface area contributed by atoms with Crippen molar-refractivity contribution in [2.75, 3.05) is 19.7 Å². The van der Waals surface area contributed by atoms with Crippen LogP contribution >= 0.6 is 11.6 Å². The molecule has 9 heteroatoms. The van der Waals surface area contributed by atoms with E-state index in [1.807, 2.05) is 56.3 Å². The van der Waals surface area contributed by atoms with Gasteiger partial charge in [-0.05, 0) is 65.9 Å². The van der Waals surface area contributed by atoms with Gasteiger partial charge in [0.2, 0.25) is 0 Å². The number of rotatable bonds is 10. The Hall–Kier alpha value is -4.87. The molecule has 0 N–H and O–H groups in total. The summed E-state index contributed by atoms with van der Waals surface area (Å²) >= 11 is 6.53. The molecule has 8 nitrogen and oxygen atoms in total. The highest BCUT2D eigenvalue weighted by molar-refractivity contribution is 6.32. The summed E-state index contributed by atoms with van der Waals surface area (Å²) < 4.78 is 18.0. The van der Waals surface area contributed by atoms with Crippen LogP contribution in [0.15, 0.2) is 73.1 Å². The minimum absolute atomic E-state index is 0.0739. The topological polar surface area (TPSA) is 102 Å². The Bertz CT molecular complexity index is 1720. The molecule has 3 aromatic carbocycles. The second-order valence-electron chi connectivity index (χ2n) is 10.3. The van der Waals surface area contributed by atoms with Crippen molar-refractivity contribution in [2.45, 2.75) is 33.5 Å². The van der Waals surface area contributed by atoms with Gasteiger partial charge in [-0.25, -0.2) is 0 Å². The molecule has 1 amide bonds. The van der Waals surface area contributed by atoms with E-state index in [0.717, 1.165) is 33.4 Å². The molecule has 1 fully saturated rings. The number of amides is 1. The van der Waals surface area contributed by atoms with Gasteiger partial charge in [-0.1, -0.05) is 41.9 Å². The number of aromatic nitrogens is 1. The molecule has 0 saturated carbocycles. The van der Waals surface area contributed by atoms with Crippen LogP contribution in [0.4, 0.5) is 0 Å². The Morgan fingerprint density at radius 1 is 1.00 bits per heavy atom. The molecule has 1 aromatic heterocycles. The van der Waals surface area contributed by atoms with Gasteiger partial charge in [0.25, 0.3) is 5.91 Å². The molecule has 0 bridgehead atoms. The summed E-state index contributed by atoms with van der Waals surface area (Å²) in [6.45, 7) is 4.97. The molecule has 0 aliphatic carbocycles. The Balaban J connectivity index is 1.25. The van der Waals surface area contributed by atoms with Gasteiger partial charge in [-0.15, -0.1) is 0 Å². The quantitative estimate of drug-likeness (QED) is 0.214. The SMILES string of the molecule is Cc1cc(Cl)c(OCc2cccc(-c3cccc(OCC(=O)N4CCC(=O)C4)c3)c2C)cc1OCc1cncc(C#N)c1. The van der Waals surface area contributed by atoms with Gasteiger partial charge in [-0.3, -0.25) is 14.6 Å². The molecule has 0 atom stereocenters. The average molecular weight is 596 g/mol.